The van der Waals surface area contributed by atoms with E-state index in [4.69, 9.17) is 5.73 Å². The molecule has 0 aromatic carbocycles. The third-order valence-corrected chi connectivity index (χ3v) is 5.26. The number of hydrogen-bond donors (Lipinski definition) is 1. The van der Waals surface area contributed by atoms with Crippen molar-refractivity contribution in [1.82, 2.24) is 14.5 Å². The van der Waals surface area contributed by atoms with Crippen molar-refractivity contribution >= 4 is 11.8 Å². The molecule has 4 nitrogen and oxygen atoms in total. The fraction of sp³-hybridized carbons (Fsp3) is 0.786. The molecule has 2 rings (SSSR count). The van der Waals surface area contributed by atoms with E-state index in [0.29, 0.717) is 18.6 Å². The molecule has 1 fully saturated rings. The van der Waals surface area contributed by atoms with Gasteiger partial charge in [-0.2, -0.15) is 11.8 Å². The zero-order chi connectivity index (χ0) is 13.8. The number of thioether (sulfide) groups is 1. The Bertz CT molecular complexity index is 391. The van der Waals surface area contributed by atoms with E-state index in [1.165, 1.54) is 17.9 Å². The van der Waals surface area contributed by atoms with Gasteiger partial charge in [-0.05, 0) is 20.3 Å². The second-order valence-electron chi connectivity index (χ2n) is 5.47. The molecule has 2 heterocycles. The molecule has 2 atom stereocenters. The fourth-order valence-electron chi connectivity index (χ4n) is 2.73. The summed E-state index contributed by atoms with van der Waals surface area (Å²) in [7, 11) is 0. The van der Waals surface area contributed by atoms with Crippen LogP contribution in [0.4, 0.5) is 0 Å². The first-order valence-corrected chi connectivity index (χ1v) is 8.29. The third kappa shape index (κ3) is 3.33. The average molecular weight is 282 g/mol. The van der Waals surface area contributed by atoms with Gasteiger partial charge in [0, 0.05) is 42.9 Å². The van der Waals surface area contributed by atoms with E-state index in [1.54, 1.807) is 0 Å². The summed E-state index contributed by atoms with van der Waals surface area (Å²) in [6.07, 6.45) is 5.15. The lowest BCUT2D eigenvalue weighted by Crippen LogP contribution is -2.43. The molecule has 0 bridgehead atoms. The molecule has 2 N–H and O–H groups in total. The summed E-state index contributed by atoms with van der Waals surface area (Å²) in [5, 5.41) is 0.748. The van der Waals surface area contributed by atoms with Gasteiger partial charge in [0.1, 0.15) is 0 Å². The number of rotatable bonds is 5. The molecule has 1 aliphatic rings. The minimum atomic E-state index is 0.305. The van der Waals surface area contributed by atoms with Crippen LogP contribution in [0.15, 0.2) is 12.5 Å². The molecule has 0 saturated carbocycles. The van der Waals surface area contributed by atoms with Gasteiger partial charge >= 0.3 is 0 Å². The van der Waals surface area contributed by atoms with Gasteiger partial charge < -0.3 is 10.3 Å². The first-order valence-electron chi connectivity index (χ1n) is 7.24. The van der Waals surface area contributed by atoms with Crippen LogP contribution < -0.4 is 5.73 Å². The topological polar surface area (TPSA) is 47.1 Å². The summed E-state index contributed by atoms with van der Waals surface area (Å²) < 4.78 is 2.25. The highest BCUT2D eigenvalue weighted by molar-refractivity contribution is 8.00. The van der Waals surface area contributed by atoms with Crippen LogP contribution in [0.1, 0.15) is 45.0 Å². The van der Waals surface area contributed by atoms with Crippen LogP contribution in [0.2, 0.25) is 0 Å². The Morgan fingerprint density at radius 1 is 1.53 bits per heavy atom. The largest absolute Gasteiger partial charge is 0.331 e. The molecule has 0 radical (unpaired) electrons. The minimum absolute atomic E-state index is 0.305. The summed E-state index contributed by atoms with van der Waals surface area (Å²) in [5.41, 5.74) is 7.32. The van der Waals surface area contributed by atoms with Crippen molar-refractivity contribution in [2.45, 2.75) is 44.5 Å². The van der Waals surface area contributed by atoms with Gasteiger partial charge in [-0.1, -0.05) is 6.92 Å². The summed E-state index contributed by atoms with van der Waals surface area (Å²) in [6.45, 7) is 9.61. The molecule has 19 heavy (non-hydrogen) atoms. The van der Waals surface area contributed by atoms with Gasteiger partial charge in [-0.25, -0.2) is 4.98 Å². The van der Waals surface area contributed by atoms with Crippen LogP contribution in [0.25, 0.3) is 0 Å². The van der Waals surface area contributed by atoms with Crippen LogP contribution in [-0.4, -0.2) is 45.1 Å². The second-order valence-corrected chi connectivity index (χ2v) is 6.88. The molecule has 0 spiro atoms. The SMILES string of the molecule is CCC1CN(C(CN)c2cncn2C(C)C)CCS1. The van der Waals surface area contributed by atoms with Gasteiger partial charge in [-0.3, -0.25) is 4.90 Å². The maximum Gasteiger partial charge on any atom is 0.0951 e. The average Bonchev–Trinajstić information content (AvgIpc) is 2.89. The number of nitrogens with two attached hydrogens (primary N) is 1. The van der Waals surface area contributed by atoms with Gasteiger partial charge in [0.15, 0.2) is 0 Å². The highest BCUT2D eigenvalue weighted by Crippen LogP contribution is 2.29. The van der Waals surface area contributed by atoms with Crippen LogP contribution in [0, 0.1) is 0 Å². The Kier molecular flexibility index (Phi) is 5.30. The maximum atomic E-state index is 6.06. The highest BCUT2D eigenvalue weighted by Gasteiger charge is 2.27. The normalized spacial score (nSPS) is 22.9. The Morgan fingerprint density at radius 3 is 2.95 bits per heavy atom. The quantitative estimate of drug-likeness (QED) is 0.900. The molecule has 1 aromatic rings. The lowest BCUT2D eigenvalue weighted by atomic mass is 10.1. The molecule has 2 unspecified atom stereocenters. The van der Waals surface area contributed by atoms with Crippen LogP contribution in [0.3, 0.4) is 0 Å². The fourth-order valence-corrected chi connectivity index (χ4v) is 3.94. The van der Waals surface area contributed by atoms with Crippen molar-refractivity contribution in [2.75, 3.05) is 25.4 Å². The molecular weight excluding hydrogens is 256 g/mol. The van der Waals surface area contributed by atoms with E-state index in [1.807, 2.05) is 12.5 Å². The molecule has 5 heteroatoms. The Balaban J connectivity index is 2.17. The summed E-state index contributed by atoms with van der Waals surface area (Å²) >= 11 is 2.10. The van der Waals surface area contributed by atoms with Gasteiger partial charge in [0.25, 0.3) is 0 Å². The van der Waals surface area contributed by atoms with Gasteiger partial charge in [0.2, 0.25) is 0 Å². The number of nitrogens with zero attached hydrogens (tertiary/aromatic N) is 3. The van der Waals surface area contributed by atoms with E-state index in [-0.39, 0.29) is 0 Å². The number of aromatic nitrogens is 2. The molecule has 0 amide bonds. The number of hydrogen-bond acceptors (Lipinski definition) is 4. The van der Waals surface area contributed by atoms with E-state index in [2.05, 4.69) is 47.0 Å². The Labute approximate surface area is 120 Å². The third-order valence-electron chi connectivity index (χ3n) is 3.88. The Hall–Kier alpha value is -0.520. The monoisotopic (exact) mass is 282 g/mol. The van der Waals surface area contributed by atoms with Crippen LogP contribution in [0.5, 0.6) is 0 Å². The molecule has 1 aromatic heterocycles. The molecule has 1 saturated heterocycles. The van der Waals surface area contributed by atoms with Crippen molar-refractivity contribution in [3.63, 3.8) is 0 Å². The highest BCUT2D eigenvalue weighted by atomic mass is 32.2. The summed E-state index contributed by atoms with van der Waals surface area (Å²) in [6, 6.07) is 0.743. The minimum Gasteiger partial charge on any atom is -0.331 e. The van der Waals surface area contributed by atoms with Crippen molar-refractivity contribution in [2.24, 2.45) is 5.73 Å². The molecule has 1 aliphatic heterocycles. The van der Waals surface area contributed by atoms with Crippen molar-refractivity contribution in [3.05, 3.63) is 18.2 Å². The van der Waals surface area contributed by atoms with E-state index in [9.17, 15) is 0 Å². The van der Waals surface area contributed by atoms with Crippen LogP contribution >= 0.6 is 11.8 Å². The summed E-state index contributed by atoms with van der Waals surface area (Å²) in [5.74, 6) is 1.21. The molecule has 108 valence electrons. The van der Waals surface area contributed by atoms with E-state index >= 15 is 0 Å². The zero-order valence-corrected chi connectivity index (χ0v) is 13.1. The number of imidazole rings is 1. The first-order chi connectivity index (χ1) is 9.17. The second kappa shape index (κ2) is 6.77. The van der Waals surface area contributed by atoms with Gasteiger partial charge in [-0.15, -0.1) is 0 Å². The molecule has 0 aliphatic carbocycles. The van der Waals surface area contributed by atoms with Crippen molar-refractivity contribution in [1.29, 1.82) is 0 Å². The lowest BCUT2D eigenvalue weighted by Gasteiger charge is -2.37. The smallest absolute Gasteiger partial charge is 0.0951 e. The van der Waals surface area contributed by atoms with E-state index in [0.717, 1.165) is 18.3 Å². The lowest BCUT2D eigenvalue weighted by molar-refractivity contribution is 0.198. The first kappa shape index (κ1) is 14.9. The predicted octanol–water partition coefficient (Wildman–Crippen LogP) is 2.29. The van der Waals surface area contributed by atoms with Crippen LogP contribution in [-0.2, 0) is 0 Å². The Morgan fingerprint density at radius 2 is 2.32 bits per heavy atom. The van der Waals surface area contributed by atoms with Crippen molar-refractivity contribution in [3.8, 4) is 0 Å². The van der Waals surface area contributed by atoms with Gasteiger partial charge in [0.05, 0.1) is 18.1 Å². The van der Waals surface area contributed by atoms with Crippen molar-refractivity contribution < 1.29 is 0 Å². The predicted molar refractivity (Wildman–Crippen MR) is 82.5 cm³/mol. The van der Waals surface area contributed by atoms with E-state index < -0.39 is 0 Å². The standard InChI is InChI=1S/C14H26N4S/c1-4-12-9-17(5-6-19-12)13(7-15)14-8-16-10-18(14)11(2)3/h8,10-13H,4-7,9,15H2,1-3H3. The maximum absolute atomic E-state index is 6.06. The zero-order valence-electron chi connectivity index (χ0n) is 12.2. The summed E-state index contributed by atoms with van der Waals surface area (Å²) in [4.78, 5) is 6.86. The molecular formula is C14H26N4S.